The van der Waals surface area contributed by atoms with Crippen molar-refractivity contribution in [1.29, 1.82) is 0 Å². The van der Waals surface area contributed by atoms with Crippen LogP contribution in [-0.2, 0) is 21.7 Å². The zero-order chi connectivity index (χ0) is 39.1. The van der Waals surface area contributed by atoms with Gasteiger partial charge in [-0.25, -0.2) is 0 Å². The minimum atomic E-state index is -0.0447. The van der Waals surface area contributed by atoms with Gasteiger partial charge in [0.15, 0.2) is 5.78 Å². The van der Waals surface area contributed by atoms with Crippen LogP contribution >= 0.6 is 0 Å². The number of carbonyl (C=O) groups excluding carboxylic acids is 1. The molecule has 0 amide bonds. The van der Waals surface area contributed by atoms with Crippen molar-refractivity contribution in [3.05, 3.63) is 137 Å². The molecule has 0 aliphatic carbocycles. The summed E-state index contributed by atoms with van der Waals surface area (Å²) in [6, 6.07) is 41.0. The molecule has 0 saturated heterocycles. The van der Waals surface area contributed by atoms with E-state index in [-0.39, 0.29) is 27.4 Å². The highest BCUT2D eigenvalue weighted by Gasteiger charge is 2.27. The van der Waals surface area contributed by atoms with Gasteiger partial charge in [-0.2, -0.15) is 0 Å². The predicted molar refractivity (Wildman–Crippen MR) is 234 cm³/mol. The van der Waals surface area contributed by atoms with Crippen LogP contribution in [0, 0.1) is 0 Å². The van der Waals surface area contributed by atoms with Gasteiger partial charge in [0.25, 0.3) is 0 Å². The van der Waals surface area contributed by atoms with Crippen LogP contribution in [0.2, 0.25) is 0 Å². The first-order chi connectivity index (χ1) is 25.1. The van der Waals surface area contributed by atoms with Gasteiger partial charge in [-0.1, -0.05) is 180 Å². The number of rotatable bonds is 4. The summed E-state index contributed by atoms with van der Waals surface area (Å²) < 4.78 is 2.48. The number of benzene rings is 5. The van der Waals surface area contributed by atoms with Gasteiger partial charge in [0.1, 0.15) is 0 Å². The molecular weight excluding hydrogens is 655 g/mol. The third-order valence-electron chi connectivity index (χ3n) is 11.3. The molecule has 0 aliphatic rings. The number of Topliss-reactive ketones (excluding diaryl/α,β-unsaturated/α-hetero) is 1. The lowest BCUT2D eigenvalue weighted by molar-refractivity contribution is 0.101. The highest BCUT2D eigenvalue weighted by atomic mass is 16.1. The third-order valence-corrected chi connectivity index (χ3v) is 11.3. The number of pyridine rings is 1. The average Bonchev–Trinajstić information content (AvgIpc) is 3.44. The summed E-state index contributed by atoms with van der Waals surface area (Å²) in [7, 11) is 0. The van der Waals surface area contributed by atoms with Crippen LogP contribution in [0.5, 0.6) is 0 Å². The standard InChI is InChI=1S/C52H57NO/c1-32(54)36-20-28-42-44(30-36)53-47(35-18-25-39(26-19-35)51(8,9)10)46(34-16-23-38(24-17-34)50(5,6)7)43-31-40(52(11,12)13)27-29-41(43)48(53)45(42)33-14-21-37(22-15-33)49(2,3)4/h14-31H,1-13H3. The summed E-state index contributed by atoms with van der Waals surface area (Å²) in [5.41, 5.74) is 15.2. The van der Waals surface area contributed by atoms with E-state index in [2.05, 4.69) is 191 Å². The Hall–Kier alpha value is -4.95. The topological polar surface area (TPSA) is 21.5 Å². The quantitative estimate of drug-likeness (QED) is 0.167. The van der Waals surface area contributed by atoms with Crippen molar-refractivity contribution in [2.75, 3.05) is 0 Å². The molecule has 0 fully saturated rings. The van der Waals surface area contributed by atoms with Gasteiger partial charge in [-0.3, -0.25) is 4.79 Å². The summed E-state index contributed by atoms with van der Waals surface area (Å²) in [5, 5.41) is 3.57. The van der Waals surface area contributed by atoms with Crippen molar-refractivity contribution in [3.63, 3.8) is 0 Å². The van der Waals surface area contributed by atoms with E-state index in [9.17, 15) is 4.79 Å². The molecule has 0 unspecified atom stereocenters. The van der Waals surface area contributed by atoms with E-state index < -0.39 is 0 Å². The van der Waals surface area contributed by atoms with E-state index in [1.807, 2.05) is 6.07 Å². The van der Waals surface area contributed by atoms with Crippen LogP contribution in [-0.4, -0.2) is 10.2 Å². The maximum Gasteiger partial charge on any atom is 0.159 e. The molecule has 7 rings (SSSR count). The lowest BCUT2D eigenvalue weighted by Gasteiger charge is -2.25. The zero-order valence-electron chi connectivity index (χ0n) is 34.7. The molecule has 0 atom stereocenters. The van der Waals surface area contributed by atoms with E-state index >= 15 is 0 Å². The molecule has 0 N–H and O–H groups in total. The Bertz CT molecular complexity index is 2550. The largest absolute Gasteiger partial charge is 0.307 e. The number of ketones is 1. The fourth-order valence-electron chi connectivity index (χ4n) is 7.92. The molecule has 2 aromatic heterocycles. The van der Waals surface area contributed by atoms with Gasteiger partial charge in [-0.15, -0.1) is 0 Å². The van der Waals surface area contributed by atoms with Crippen molar-refractivity contribution in [1.82, 2.24) is 4.40 Å². The number of nitrogens with zero attached hydrogens (tertiary/aromatic N) is 1. The highest BCUT2D eigenvalue weighted by Crippen LogP contribution is 2.48. The number of hydrogen-bond acceptors (Lipinski definition) is 1. The lowest BCUT2D eigenvalue weighted by Crippen LogP contribution is -2.12. The van der Waals surface area contributed by atoms with Crippen LogP contribution in [0.3, 0.4) is 0 Å². The van der Waals surface area contributed by atoms with Crippen molar-refractivity contribution in [3.8, 4) is 33.5 Å². The monoisotopic (exact) mass is 711 g/mol. The number of fused-ring (bicyclic) bond motifs is 5. The number of carbonyl (C=O) groups is 1. The van der Waals surface area contributed by atoms with Crippen molar-refractivity contribution < 1.29 is 4.79 Å². The van der Waals surface area contributed by atoms with E-state index in [1.165, 1.54) is 55.3 Å². The molecule has 2 heterocycles. The second-order valence-corrected chi connectivity index (χ2v) is 19.6. The molecule has 0 aliphatic heterocycles. The molecule has 5 aromatic carbocycles. The lowest BCUT2D eigenvalue weighted by atomic mass is 9.82. The normalized spacial score (nSPS) is 13.0. The van der Waals surface area contributed by atoms with Crippen LogP contribution in [0.1, 0.15) is 123 Å². The Labute approximate surface area is 323 Å². The molecule has 0 saturated carbocycles. The molecule has 276 valence electrons. The summed E-state index contributed by atoms with van der Waals surface area (Å²) in [4.78, 5) is 13.1. The first kappa shape index (κ1) is 37.4. The van der Waals surface area contributed by atoms with Gasteiger partial charge < -0.3 is 4.40 Å². The smallest absolute Gasteiger partial charge is 0.159 e. The van der Waals surface area contributed by atoms with E-state index in [0.29, 0.717) is 5.56 Å². The van der Waals surface area contributed by atoms with Gasteiger partial charge in [0, 0.05) is 27.5 Å². The van der Waals surface area contributed by atoms with Crippen molar-refractivity contribution in [2.24, 2.45) is 0 Å². The Balaban J connectivity index is 1.75. The van der Waals surface area contributed by atoms with Crippen LogP contribution < -0.4 is 0 Å². The number of aromatic nitrogens is 1. The molecule has 2 nitrogen and oxygen atoms in total. The summed E-state index contributed by atoms with van der Waals surface area (Å²) in [5.74, 6) is 0.0626. The van der Waals surface area contributed by atoms with Gasteiger partial charge in [0.05, 0.1) is 16.7 Å². The SMILES string of the molecule is CC(=O)c1ccc2c(-c3ccc(C(C)(C)C)cc3)c3c4ccc(C(C)(C)C)cc4c(-c4ccc(C(C)(C)C)cc4)c(-c4ccc(C(C)(C)C)cc4)n3c2c1. The first-order valence-corrected chi connectivity index (χ1v) is 19.6. The van der Waals surface area contributed by atoms with E-state index in [0.717, 1.165) is 27.7 Å². The second-order valence-electron chi connectivity index (χ2n) is 19.6. The van der Waals surface area contributed by atoms with Gasteiger partial charge in [0.2, 0.25) is 0 Å². The Morgan fingerprint density at radius 1 is 0.426 bits per heavy atom. The molecule has 7 aromatic rings. The fraction of sp³-hybridized carbons (Fsp3) is 0.327. The second kappa shape index (κ2) is 12.8. The van der Waals surface area contributed by atoms with Crippen LogP contribution in [0.4, 0.5) is 0 Å². The zero-order valence-corrected chi connectivity index (χ0v) is 34.7. The van der Waals surface area contributed by atoms with Gasteiger partial charge in [-0.05, 0) is 85.0 Å². The summed E-state index contributed by atoms with van der Waals surface area (Å²) in [6.07, 6.45) is 0. The maximum absolute atomic E-state index is 13.1. The van der Waals surface area contributed by atoms with Crippen LogP contribution in [0.15, 0.2) is 109 Å². The Morgan fingerprint density at radius 3 is 1.28 bits per heavy atom. The first-order valence-electron chi connectivity index (χ1n) is 19.6. The van der Waals surface area contributed by atoms with E-state index in [4.69, 9.17) is 0 Å². The molecule has 0 spiro atoms. The third kappa shape index (κ3) is 6.59. The maximum atomic E-state index is 13.1. The fourth-order valence-corrected chi connectivity index (χ4v) is 7.92. The molecule has 2 heteroatoms. The summed E-state index contributed by atoms with van der Waals surface area (Å²) >= 11 is 0. The van der Waals surface area contributed by atoms with Crippen molar-refractivity contribution in [2.45, 2.75) is 112 Å². The Morgan fingerprint density at radius 2 is 0.833 bits per heavy atom. The molecule has 0 radical (unpaired) electrons. The predicted octanol–water partition coefficient (Wildman–Crippen LogP) is 14.6. The molecule has 0 bridgehead atoms. The molecular formula is C52H57NO. The molecule has 54 heavy (non-hydrogen) atoms. The minimum Gasteiger partial charge on any atom is -0.307 e. The summed E-state index contributed by atoms with van der Waals surface area (Å²) in [6.45, 7) is 29.0. The highest BCUT2D eigenvalue weighted by molar-refractivity contribution is 6.20. The van der Waals surface area contributed by atoms with Crippen molar-refractivity contribution >= 4 is 33.0 Å². The van der Waals surface area contributed by atoms with Crippen LogP contribution in [0.25, 0.3) is 60.7 Å². The van der Waals surface area contributed by atoms with Gasteiger partial charge >= 0.3 is 0 Å². The number of hydrogen-bond donors (Lipinski definition) is 0. The average molecular weight is 712 g/mol. The Kier molecular flexibility index (Phi) is 8.88. The van der Waals surface area contributed by atoms with E-state index in [1.54, 1.807) is 6.92 Å². The minimum absolute atomic E-state index is 0.0212.